The van der Waals surface area contributed by atoms with Crippen LogP contribution in [-0.2, 0) is 16.6 Å². The van der Waals surface area contributed by atoms with Gasteiger partial charge in [-0.05, 0) is 47.5 Å². The van der Waals surface area contributed by atoms with Crippen molar-refractivity contribution in [2.45, 2.75) is 71.6 Å². The molecule has 4 atom stereocenters. The van der Waals surface area contributed by atoms with Crippen molar-refractivity contribution >= 4 is 5.91 Å². The highest BCUT2D eigenvalue weighted by Crippen LogP contribution is 2.29. The van der Waals surface area contributed by atoms with Crippen LogP contribution in [-0.4, -0.2) is 69.9 Å². The summed E-state index contributed by atoms with van der Waals surface area (Å²) in [5.41, 5.74) is 3.16. The third-order valence-corrected chi connectivity index (χ3v) is 5.99. The lowest BCUT2D eigenvalue weighted by molar-refractivity contribution is -0.134. The first-order chi connectivity index (χ1) is 12.3. The van der Waals surface area contributed by atoms with E-state index in [9.17, 15) is 4.79 Å². The molecule has 2 aliphatic heterocycles. The number of rotatable bonds is 4. The van der Waals surface area contributed by atoms with E-state index in [4.69, 9.17) is 4.74 Å². The van der Waals surface area contributed by atoms with Gasteiger partial charge in [0.15, 0.2) is 0 Å². The van der Waals surface area contributed by atoms with Crippen molar-refractivity contribution in [3.05, 3.63) is 17.0 Å². The molecule has 3 heterocycles. The highest BCUT2D eigenvalue weighted by atomic mass is 16.5. The Bertz CT molecular complexity index is 646. The molecule has 2 fully saturated rings. The molecule has 0 radical (unpaired) electrons. The van der Waals surface area contributed by atoms with Crippen LogP contribution < -0.4 is 0 Å². The van der Waals surface area contributed by atoms with Crippen LogP contribution in [0.4, 0.5) is 0 Å². The predicted molar refractivity (Wildman–Crippen MR) is 102 cm³/mol. The molecular weight excluding hydrogens is 328 g/mol. The lowest BCUT2D eigenvalue weighted by atomic mass is 9.97. The fourth-order valence-electron chi connectivity index (χ4n) is 4.84. The summed E-state index contributed by atoms with van der Waals surface area (Å²) in [6.45, 7) is 14.1. The van der Waals surface area contributed by atoms with E-state index in [0.29, 0.717) is 6.04 Å². The number of hydrogen-bond donors (Lipinski definition) is 0. The maximum atomic E-state index is 13.3. The largest absolute Gasteiger partial charge is 0.373 e. The zero-order chi connectivity index (χ0) is 19.0. The lowest BCUT2D eigenvalue weighted by Gasteiger charge is -2.38. The Labute approximate surface area is 157 Å². The highest BCUT2D eigenvalue weighted by molar-refractivity contribution is 5.84. The van der Waals surface area contributed by atoms with Crippen LogP contribution in [0.5, 0.6) is 0 Å². The molecule has 1 aromatic heterocycles. The Morgan fingerprint density at radius 1 is 1.27 bits per heavy atom. The summed E-state index contributed by atoms with van der Waals surface area (Å²) in [4.78, 5) is 17.9. The van der Waals surface area contributed by atoms with Gasteiger partial charge in [0.2, 0.25) is 5.91 Å². The van der Waals surface area contributed by atoms with Gasteiger partial charge in [0.1, 0.15) is 0 Å². The maximum Gasteiger partial charge on any atom is 0.230 e. The Balaban J connectivity index is 1.70. The van der Waals surface area contributed by atoms with E-state index in [1.807, 2.05) is 25.6 Å². The molecule has 146 valence electrons. The number of aryl methyl sites for hydroxylation is 2. The normalized spacial score (nSPS) is 28.5. The van der Waals surface area contributed by atoms with E-state index in [1.54, 1.807) is 0 Å². The Kier molecular flexibility index (Phi) is 5.72. The van der Waals surface area contributed by atoms with Crippen molar-refractivity contribution in [3.63, 3.8) is 0 Å². The van der Waals surface area contributed by atoms with E-state index in [-0.39, 0.29) is 24.0 Å². The molecule has 0 spiro atoms. The minimum absolute atomic E-state index is 0.133. The van der Waals surface area contributed by atoms with Gasteiger partial charge >= 0.3 is 0 Å². The quantitative estimate of drug-likeness (QED) is 0.824. The molecule has 1 aromatic rings. The number of hydrogen-bond acceptors (Lipinski definition) is 4. The van der Waals surface area contributed by atoms with Crippen molar-refractivity contribution in [2.24, 2.45) is 7.05 Å². The van der Waals surface area contributed by atoms with Crippen LogP contribution in [0.25, 0.3) is 0 Å². The van der Waals surface area contributed by atoms with Gasteiger partial charge in [-0.3, -0.25) is 14.4 Å². The Morgan fingerprint density at radius 3 is 2.50 bits per heavy atom. The summed E-state index contributed by atoms with van der Waals surface area (Å²) in [5.74, 6) is 0.118. The molecule has 0 saturated carbocycles. The van der Waals surface area contributed by atoms with E-state index in [1.165, 1.54) is 0 Å². The van der Waals surface area contributed by atoms with Crippen molar-refractivity contribution in [1.29, 1.82) is 0 Å². The average Bonchev–Trinajstić information content (AvgIpc) is 3.10. The number of nitrogens with zero attached hydrogens (tertiary/aromatic N) is 4. The second kappa shape index (κ2) is 7.69. The van der Waals surface area contributed by atoms with E-state index in [2.05, 4.69) is 35.7 Å². The second-order valence-electron chi connectivity index (χ2n) is 8.23. The van der Waals surface area contributed by atoms with Gasteiger partial charge < -0.3 is 9.64 Å². The third kappa shape index (κ3) is 3.81. The Hall–Kier alpha value is -1.40. The summed E-state index contributed by atoms with van der Waals surface area (Å²) < 4.78 is 7.73. The number of likely N-dealkylation sites (tertiary alicyclic amines) is 1. The molecule has 6 nitrogen and oxygen atoms in total. The van der Waals surface area contributed by atoms with Gasteiger partial charge in [-0.2, -0.15) is 5.10 Å². The number of amides is 1. The van der Waals surface area contributed by atoms with Gasteiger partial charge in [0.05, 0.1) is 23.8 Å². The van der Waals surface area contributed by atoms with Crippen LogP contribution in [0.1, 0.15) is 56.5 Å². The topological polar surface area (TPSA) is 50.6 Å². The van der Waals surface area contributed by atoms with Gasteiger partial charge in [0, 0.05) is 50.5 Å². The molecule has 4 unspecified atom stereocenters. The first-order valence-electron chi connectivity index (χ1n) is 9.96. The van der Waals surface area contributed by atoms with Crippen LogP contribution >= 0.6 is 0 Å². The number of carbonyl (C=O) groups excluding carboxylic acids is 1. The smallest absolute Gasteiger partial charge is 0.230 e. The SMILES string of the molecule is Cc1nn(C)c(C)c1C(C)C(=O)N1CCCC1CN1CC(C)OC(C)C1. The zero-order valence-corrected chi connectivity index (χ0v) is 17.2. The molecule has 0 bridgehead atoms. The van der Waals surface area contributed by atoms with E-state index < -0.39 is 0 Å². The van der Waals surface area contributed by atoms with Crippen LogP contribution in [0.3, 0.4) is 0 Å². The van der Waals surface area contributed by atoms with Crippen LogP contribution in [0.2, 0.25) is 0 Å². The molecule has 1 amide bonds. The molecule has 2 saturated heterocycles. The molecule has 0 aliphatic carbocycles. The number of ether oxygens (including phenoxy) is 1. The molecule has 6 heteroatoms. The molecule has 26 heavy (non-hydrogen) atoms. The molecular formula is C20H34N4O2. The molecule has 3 rings (SSSR count). The van der Waals surface area contributed by atoms with Gasteiger partial charge in [-0.15, -0.1) is 0 Å². The first-order valence-corrected chi connectivity index (χ1v) is 9.96. The number of carbonyl (C=O) groups is 1. The maximum absolute atomic E-state index is 13.3. The van der Waals surface area contributed by atoms with Crippen molar-refractivity contribution in [2.75, 3.05) is 26.2 Å². The summed E-state index contributed by atoms with van der Waals surface area (Å²) in [6, 6.07) is 0.319. The van der Waals surface area contributed by atoms with E-state index >= 15 is 0 Å². The van der Waals surface area contributed by atoms with E-state index in [0.717, 1.165) is 56.0 Å². The second-order valence-corrected chi connectivity index (χ2v) is 8.23. The van der Waals surface area contributed by atoms with Gasteiger partial charge in [-0.25, -0.2) is 0 Å². The van der Waals surface area contributed by atoms with Crippen molar-refractivity contribution < 1.29 is 9.53 Å². The third-order valence-electron chi connectivity index (χ3n) is 5.99. The molecule has 2 aliphatic rings. The van der Waals surface area contributed by atoms with Crippen molar-refractivity contribution in [1.82, 2.24) is 19.6 Å². The first kappa shape index (κ1) is 19.4. The summed E-state index contributed by atoms with van der Waals surface area (Å²) in [7, 11) is 1.95. The monoisotopic (exact) mass is 362 g/mol. The summed E-state index contributed by atoms with van der Waals surface area (Å²) in [5, 5.41) is 4.49. The molecule has 0 N–H and O–H groups in total. The number of morpholine rings is 1. The van der Waals surface area contributed by atoms with Gasteiger partial charge in [0.25, 0.3) is 0 Å². The fourth-order valence-corrected chi connectivity index (χ4v) is 4.84. The minimum atomic E-state index is -0.133. The van der Waals surface area contributed by atoms with Crippen LogP contribution in [0.15, 0.2) is 0 Å². The Morgan fingerprint density at radius 2 is 1.92 bits per heavy atom. The highest BCUT2D eigenvalue weighted by Gasteiger charge is 2.35. The number of aromatic nitrogens is 2. The molecule has 0 aromatic carbocycles. The predicted octanol–water partition coefficient (Wildman–Crippen LogP) is 2.24. The zero-order valence-electron chi connectivity index (χ0n) is 17.2. The standard InChI is InChI=1S/C20H34N4O2/c1-13-10-23(11-14(2)26-13)12-18-8-7-9-24(18)20(25)15(3)19-16(4)21-22(6)17(19)5/h13-15,18H,7-12H2,1-6H3. The fraction of sp³-hybridized carbons (Fsp3) is 0.800. The summed E-state index contributed by atoms with van der Waals surface area (Å²) in [6.07, 6.45) is 2.74. The summed E-state index contributed by atoms with van der Waals surface area (Å²) >= 11 is 0. The van der Waals surface area contributed by atoms with Gasteiger partial charge in [-0.1, -0.05) is 0 Å². The van der Waals surface area contributed by atoms with Crippen LogP contribution in [0, 0.1) is 13.8 Å². The lowest BCUT2D eigenvalue weighted by Crippen LogP contribution is -2.51. The minimum Gasteiger partial charge on any atom is -0.373 e. The van der Waals surface area contributed by atoms with Crippen molar-refractivity contribution in [3.8, 4) is 0 Å². The average molecular weight is 363 g/mol.